The number of aryl methyl sites for hydroxylation is 1. The second-order valence-electron chi connectivity index (χ2n) is 6.01. The van der Waals surface area contributed by atoms with E-state index in [2.05, 4.69) is 15.0 Å². The van der Waals surface area contributed by atoms with Crippen molar-refractivity contribution in [2.45, 2.75) is 25.9 Å². The predicted molar refractivity (Wildman–Crippen MR) is 91.2 cm³/mol. The van der Waals surface area contributed by atoms with E-state index in [1.165, 1.54) is 6.33 Å². The zero-order valence-electron chi connectivity index (χ0n) is 14.2. The molecule has 1 fully saturated rings. The van der Waals surface area contributed by atoms with E-state index >= 15 is 0 Å². The molecule has 0 aliphatic carbocycles. The summed E-state index contributed by atoms with van der Waals surface area (Å²) in [4.78, 5) is 16.3. The van der Waals surface area contributed by atoms with Gasteiger partial charge in [-0.05, 0) is 18.6 Å². The molecule has 0 amide bonds. The van der Waals surface area contributed by atoms with Gasteiger partial charge in [-0.2, -0.15) is 0 Å². The van der Waals surface area contributed by atoms with Crippen molar-refractivity contribution in [1.29, 1.82) is 0 Å². The van der Waals surface area contributed by atoms with Gasteiger partial charge in [0.15, 0.2) is 23.2 Å². The molecule has 0 aromatic carbocycles. The average molecular weight is 331 g/mol. The summed E-state index contributed by atoms with van der Waals surface area (Å²) in [7, 11) is 3.86. The van der Waals surface area contributed by atoms with Gasteiger partial charge in [0.2, 0.25) is 0 Å². The number of rotatable bonds is 5. The summed E-state index contributed by atoms with van der Waals surface area (Å²) in [6, 6.07) is 3.76. The molecule has 1 atom stereocenters. The van der Waals surface area contributed by atoms with Crippen molar-refractivity contribution in [3.8, 4) is 5.75 Å². The molecule has 0 bridgehead atoms. The number of aromatic nitrogens is 3. The molecule has 0 N–H and O–H groups in total. The van der Waals surface area contributed by atoms with Crippen LogP contribution in [-0.4, -0.2) is 48.2 Å². The van der Waals surface area contributed by atoms with Crippen LogP contribution < -0.4 is 14.5 Å². The van der Waals surface area contributed by atoms with Crippen LogP contribution in [0.5, 0.6) is 5.75 Å². The van der Waals surface area contributed by atoms with Gasteiger partial charge in [0.25, 0.3) is 0 Å². The van der Waals surface area contributed by atoms with Gasteiger partial charge in [0, 0.05) is 33.3 Å². The van der Waals surface area contributed by atoms with Gasteiger partial charge in [0.1, 0.15) is 12.4 Å². The smallest absolute Gasteiger partial charge is 0.187 e. The normalized spacial score (nSPS) is 17.2. The lowest BCUT2D eigenvalue weighted by Crippen LogP contribution is -2.27. The minimum atomic E-state index is -0.323. The van der Waals surface area contributed by atoms with Crippen molar-refractivity contribution >= 4 is 11.6 Å². The lowest BCUT2D eigenvalue weighted by molar-refractivity contribution is 0.225. The Morgan fingerprint density at radius 1 is 1.33 bits per heavy atom. The molecule has 1 saturated heterocycles. The second kappa shape index (κ2) is 6.98. The Morgan fingerprint density at radius 3 is 2.92 bits per heavy atom. The van der Waals surface area contributed by atoms with Gasteiger partial charge in [-0.25, -0.2) is 19.3 Å². The Hall–Kier alpha value is -2.44. The summed E-state index contributed by atoms with van der Waals surface area (Å²) >= 11 is 0. The number of ether oxygens (including phenoxy) is 1. The lowest BCUT2D eigenvalue weighted by atomic mass is 10.3. The molecular weight excluding hydrogens is 309 g/mol. The fourth-order valence-electron chi connectivity index (χ4n) is 2.87. The molecule has 2 aromatic heterocycles. The first kappa shape index (κ1) is 16.4. The minimum absolute atomic E-state index is 0.0210. The zero-order chi connectivity index (χ0) is 17.1. The number of pyridine rings is 1. The maximum atomic E-state index is 14.4. The van der Waals surface area contributed by atoms with Crippen molar-refractivity contribution < 1.29 is 9.13 Å². The van der Waals surface area contributed by atoms with Gasteiger partial charge in [0.05, 0.1) is 12.2 Å². The number of nitrogens with zero attached hydrogens (tertiary/aromatic N) is 5. The van der Waals surface area contributed by atoms with Crippen LogP contribution in [0.3, 0.4) is 0 Å². The van der Waals surface area contributed by atoms with Gasteiger partial charge in [-0.15, -0.1) is 0 Å². The van der Waals surface area contributed by atoms with Gasteiger partial charge in [-0.1, -0.05) is 6.92 Å². The molecule has 1 aliphatic rings. The molecule has 1 unspecified atom stereocenters. The van der Waals surface area contributed by atoms with Crippen molar-refractivity contribution in [1.82, 2.24) is 15.0 Å². The maximum Gasteiger partial charge on any atom is 0.187 e. The molecule has 128 valence electrons. The highest BCUT2D eigenvalue weighted by atomic mass is 19.1. The summed E-state index contributed by atoms with van der Waals surface area (Å²) < 4.78 is 20.5. The fraction of sp³-hybridized carbons (Fsp3) is 0.471. The van der Waals surface area contributed by atoms with Crippen molar-refractivity contribution in [3.05, 3.63) is 36.2 Å². The highest BCUT2D eigenvalue weighted by molar-refractivity contribution is 5.51. The van der Waals surface area contributed by atoms with Crippen molar-refractivity contribution in [3.63, 3.8) is 0 Å². The Kier molecular flexibility index (Phi) is 4.78. The van der Waals surface area contributed by atoms with E-state index in [0.717, 1.165) is 18.0 Å². The van der Waals surface area contributed by atoms with Gasteiger partial charge in [-0.3, -0.25) is 0 Å². The Labute approximate surface area is 141 Å². The maximum absolute atomic E-state index is 14.4. The van der Waals surface area contributed by atoms with Crippen molar-refractivity contribution in [2.24, 2.45) is 0 Å². The molecule has 2 aromatic rings. The van der Waals surface area contributed by atoms with Crippen LogP contribution in [0, 0.1) is 5.82 Å². The zero-order valence-corrected chi connectivity index (χ0v) is 14.2. The highest BCUT2D eigenvalue weighted by Crippen LogP contribution is 2.28. The first-order valence-electron chi connectivity index (χ1n) is 8.13. The van der Waals surface area contributed by atoms with Crippen LogP contribution in [0.1, 0.15) is 19.0 Å². The Bertz CT molecular complexity index is 709. The van der Waals surface area contributed by atoms with Crippen LogP contribution in [0.2, 0.25) is 0 Å². The highest BCUT2D eigenvalue weighted by Gasteiger charge is 2.28. The predicted octanol–water partition coefficient (Wildman–Crippen LogP) is 2.30. The van der Waals surface area contributed by atoms with Crippen LogP contribution in [0.4, 0.5) is 16.0 Å². The van der Waals surface area contributed by atoms with E-state index in [4.69, 9.17) is 4.74 Å². The van der Waals surface area contributed by atoms with E-state index in [9.17, 15) is 4.39 Å². The van der Waals surface area contributed by atoms with Crippen LogP contribution in [-0.2, 0) is 6.42 Å². The summed E-state index contributed by atoms with van der Waals surface area (Å²) in [6.07, 6.45) is 4.51. The molecule has 0 spiro atoms. The monoisotopic (exact) mass is 331 g/mol. The third-order valence-corrected chi connectivity index (χ3v) is 4.09. The first-order chi connectivity index (χ1) is 11.6. The molecule has 3 rings (SSSR count). The number of halogens is 1. The summed E-state index contributed by atoms with van der Waals surface area (Å²) in [5.74, 6) is 1.58. The van der Waals surface area contributed by atoms with Gasteiger partial charge < -0.3 is 14.5 Å². The Morgan fingerprint density at radius 2 is 2.17 bits per heavy atom. The molecular formula is C17H22FN5O. The quantitative estimate of drug-likeness (QED) is 0.838. The molecule has 3 heterocycles. The number of hydrogen-bond donors (Lipinski definition) is 0. The van der Waals surface area contributed by atoms with Crippen molar-refractivity contribution in [2.75, 3.05) is 37.0 Å². The van der Waals surface area contributed by atoms with Crippen LogP contribution in [0.15, 0.2) is 24.7 Å². The average Bonchev–Trinajstić information content (AvgIpc) is 3.03. The standard InChI is InChI=1S/C17H22FN5O/c1-4-13-15(18)17(21-11-20-13)23-9-7-12(10-23)24-14-6-5-8-19-16(14)22(2)3/h5-6,8,11-12H,4,7,9-10H2,1-3H3. The summed E-state index contributed by atoms with van der Waals surface area (Å²) in [5, 5.41) is 0. The third-order valence-electron chi connectivity index (χ3n) is 4.09. The van der Waals surface area contributed by atoms with Crippen LogP contribution >= 0.6 is 0 Å². The molecule has 6 nitrogen and oxygen atoms in total. The lowest BCUT2D eigenvalue weighted by Gasteiger charge is -2.21. The second-order valence-corrected chi connectivity index (χ2v) is 6.01. The fourth-order valence-corrected chi connectivity index (χ4v) is 2.87. The number of anilines is 2. The van der Waals surface area contributed by atoms with E-state index in [1.807, 2.05) is 43.0 Å². The summed E-state index contributed by atoms with van der Waals surface area (Å²) in [6.45, 7) is 3.19. The van der Waals surface area contributed by atoms with E-state index in [1.54, 1.807) is 6.20 Å². The largest absolute Gasteiger partial charge is 0.485 e. The SMILES string of the molecule is CCc1ncnc(N2CCC(Oc3cccnc3N(C)C)C2)c1F. The van der Waals surface area contributed by atoms with E-state index in [-0.39, 0.29) is 11.9 Å². The third kappa shape index (κ3) is 3.25. The van der Waals surface area contributed by atoms with E-state index in [0.29, 0.717) is 31.0 Å². The summed E-state index contributed by atoms with van der Waals surface area (Å²) in [5.41, 5.74) is 0.450. The number of hydrogen-bond acceptors (Lipinski definition) is 6. The van der Waals surface area contributed by atoms with E-state index < -0.39 is 0 Å². The minimum Gasteiger partial charge on any atom is -0.485 e. The first-order valence-corrected chi connectivity index (χ1v) is 8.13. The van der Waals surface area contributed by atoms with Gasteiger partial charge >= 0.3 is 0 Å². The topological polar surface area (TPSA) is 54.4 Å². The molecule has 1 aliphatic heterocycles. The molecule has 24 heavy (non-hydrogen) atoms. The van der Waals surface area contributed by atoms with Crippen LogP contribution in [0.25, 0.3) is 0 Å². The molecule has 0 saturated carbocycles. The molecule has 0 radical (unpaired) electrons. The Balaban J connectivity index is 1.73. The molecule has 7 heteroatoms.